The van der Waals surface area contributed by atoms with Gasteiger partial charge in [0.05, 0.1) is 6.54 Å². The van der Waals surface area contributed by atoms with Gasteiger partial charge in [-0.25, -0.2) is 0 Å². The van der Waals surface area contributed by atoms with Gasteiger partial charge in [0, 0.05) is 36.4 Å². The van der Waals surface area contributed by atoms with Crippen LogP contribution in [0.1, 0.15) is 12.5 Å². The van der Waals surface area contributed by atoms with Gasteiger partial charge in [0.1, 0.15) is 0 Å². The van der Waals surface area contributed by atoms with Crippen molar-refractivity contribution in [2.45, 2.75) is 19.9 Å². The van der Waals surface area contributed by atoms with Crippen molar-refractivity contribution in [2.24, 2.45) is 0 Å². The van der Waals surface area contributed by atoms with Crippen molar-refractivity contribution in [1.29, 1.82) is 0 Å². The molecule has 1 saturated heterocycles. The molecule has 1 aromatic carbocycles. The Bertz CT molecular complexity index is 468. The molecule has 20 heavy (non-hydrogen) atoms. The van der Waals surface area contributed by atoms with Gasteiger partial charge in [-0.3, -0.25) is 9.69 Å². The number of hydrogen-bond donors (Lipinski definition) is 2. The molecule has 1 aliphatic heterocycles. The maximum Gasteiger partial charge on any atom is 0.238 e. The standard InChI is InChI=1S/C14H20ClN3O.ClH/c1-10-3-4-12(7-13(10)15)17-14(19)9-18-6-5-16-8-11(18)2;/h3-4,7,11,16H,5-6,8-9H2,1-2H3,(H,17,19);1H. The van der Waals surface area contributed by atoms with Crippen LogP contribution in [-0.2, 0) is 4.79 Å². The quantitative estimate of drug-likeness (QED) is 0.899. The summed E-state index contributed by atoms with van der Waals surface area (Å²) in [6.45, 7) is 7.27. The molecular weight excluding hydrogens is 297 g/mol. The molecule has 2 rings (SSSR count). The molecule has 1 aromatic rings. The summed E-state index contributed by atoms with van der Waals surface area (Å²) < 4.78 is 0. The highest BCUT2D eigenvalue weighted by atomic mass is 35.5. The number of hydrogen-bond acceptors (Lipinski definition) is 3. The van der Waals surface area contributed by atoms with Crippen LogP contribution in [-0.4, -0.2) is 43.0 Å². The first-order valence-corrected chi connectivity index (χ1v) is 6.95. The summed E-state index contributed by atoms with van der Waals surface area (Å²) in [5, 5.41) is 6.88. The Balaban J connectivity index is 0.00000200. The summed E-state index contributed by atoms with van der Waals surface area (Å²) in [6, 6.07) is 5.96. The number of aryl methyl sites for hydroxylation is 1. The number of rotatable bonds is 3. The fraction of sp³-hybridized carbons (Fsp3) is 0.500. The molecule has 112 valence electrons. The zero-order valence-corrected chi connectivity index (χ0v) is 13.4. The zero-order chi connectivity index (χ0) is 13.8. The number of benzene rings is 1. The third-order valence-electron chi connectivity index (χ3n) is 3.44. The molecule has 4 nitrogen and oxygen atoms in total. The maximum atomic E-state index is 12.0. The van der Waals surface area contributed by atoms with Gasteiger partial charge in [-0.15, -0.1) is 12.4 Å². The van der Waals surface area contributed by atoms with E-state index in [1.54, 1.807) is 6.07 Å². The number of carbonyl (C=O) groups is 1. The Morgan fingerprint density at radius 1 is 1.55 bits per heavy atom. The Labute approximate surface area is 131 Å². The minimum atomic E-state index is 0. The van der Waals surface area contributed by atoms with Crippen molar-refractivity contribution in [2.75, 3.05) is 31.5 Å². The molecule has 2 N–H and O–H groups in total. The third-order valence-corrected chi connectivity index (χ3v) is 3.85. The minimum Gasteiger partial charge on any atom is -0.325 e. The lowest BCUT2D eigenvalue weighted by atomic mass is 10.2. The molecule has 6 heteroatoms. The molecule has 0 bridgehead atoms. The van der Waals surface area contributed by atoms with Gasteiger partial charge in [-0.05, 0) is 31.5 Å². The predicted octanol–water partition coefficient (Wildman–Crippen LogP) is 2.30. The molecule has 0 saturated carbocycles. The second-order valence-corrected chi connectivity index (χ2v) is 5.44. The number of nitrogens with one attached hydrogen (secondary N) is 2. The van der Waals surface area contributed by atoms with E-state index < -0.39 is 0 Å². The number of piperazine rings is 1. The summed E-state index contributed by atoms with van der Waals surface area (Å²) in [7, 11) is 0. The number of nitrogens with zero attached hydrogens (tertiary/aromatic N) is 1. The number of amides is 1. The first-order valence-electron chi connectivity index (χ1n) is 6.57. The maximum absolute atomic E-state index is 12.0. The van der Waals surface area contributed by atoms with Gasteiger partial charge in [-0.1, -0.05) is 17.7 Å². The van der Waals surface area contributed by atoms with Crippen molar-refractivity contribution >= 4 is 35.6 Å². The molecule has 0 spiro atoms. The van der Waals surface area contributed by atoms with Gasteiger partial charge in [-0.2, -0.15) is 0 Å². The highest BCUT2D eigenvalue weighted by molar-refractivity contribution is 6.31. The second kappa shape index (κ2) is 7.84. The van der Waals surface area contributed by atoms with E-state index in [-0.39, 0.29) is 18.3 Å². The molecular formula is C14H21Cl2N3O. The SMILES string of the molecule is Cc1ccc(NC(=O)CN2CCNCC2C)cc1Cl.Cl. The van der Waals surface area contributed by atoms with E-state index in [1.807, 2.05) is 19.1 Å². The Hall–Kier alpha value is -0.810. The summed E-state index contributed by atoms with van der Waals surface area (Å²) >= 11 is 6.04. The van der Waals surface area contributed by atoms with Crippen LogP contribution in [0.25, 0.3) is 0 Å². The van der Waals surface area contributed by atoms with Gasteiger partial charge in [0.25, 0.3) is 0 Å². The number of anilines is 1. The first-order chi connectivity index (χ1) is 9.06. The lowest BCUT2D eigenvalue weighted by Gasteiger charge is -2.33. The van der Waals surface area contributed by atoms with Crippen LogP contribution >= 0.6 is 24.0 Å². The fourth-order valence-electron chi connectivity index (χ4n) is 2.17. The van der Waals surface area contributed by atoms with Crippen LogP contribution in [0.5, 0.6) is 0 Å². The van der Waals surface area contributed by atoms with Gasteiger partial charge >= 0.3 is 0 Å². The topological polar surface area (TPSA) is 44.4 Å². The monoisotopic (exact) mass is 317 g/mol. The van der Waals surface area contributed by atoms with Crippen LogP contribution in [0.4, 0.5) is 5.69 Å². The average Bonchev–Trinajstić information content (AvgIpc) is 2.37. The molecule has 1 heterocycles. The lowest BCUT2D eigenvalue weighted by Crippen LogP contribution is -2.51. The molecule has 1 fully saturated rings. The predicted molar refractivity (Wildman–Crippen MR) is 86.0 cm³/mol. The van der Waals surface area contributed by atoms with Crippen LogP contribution in [0.15, 0.2) is 18.2 Å². The van der Waals surface area contributed by atoms with Crippen LogP contribution in [0.3, 0.4) is 0 Å². The summed E-state index contributed by atoms with van der Waals surface area (Å²) in [6.07, 6.45) is 0. The summed E-state index contributed by atoms with van der Waals surface area (Å²) in [5.41, 5.74) is 1.76. The highest BCUT2D eigenvalue weighted by Crippen LogP contribution is 2.19. The fourth-order valence-corrected chi connectivity index (χ4v) is 2.35. The molecule has 1 aliphatic rings. The Morgan fingerprint density at radius 2 is 2.30 bits per heavy atom. The number of halogens is 2. The van der Waals surface area contributed by atoms with E-state index >= 15 is 0 Å². The minimum absolute atomic E-state index is 0. The van der Waals surface area contributed by atoms with Crippen LogP contribution in [0, 0.1) is 6.92 Å². The molecule has 0 aromatic heterocycles. The zero-order valence-electron chi connectivity index (χ0n) is 11.8. The van der Waals surface area contributed by atoms with Crippen molar-refractivity contribution in [3.05, 3.63) is 28.8 Å². The first kappa shape index (κ1) is 17.2. The Kier molecular flexibility index (Phi) is 6.76. The van der Waals surface area contributed by atoms with Crippen molar-refractivity contribution in [3.8, 4) is 0 Å². The van der Waals surface area contributed by atoms with Crippen molar-refractivity contribution in [1.82, 2.24) is 10.2 Å². The third kappa shape index (κ3) is 4.63. The van der Waals surface area contributed by atoms with E-state index in [1.165, 1.54) is 0 Å². The smallest absolute Gasteiger partial charge is 0.238 e. The van der Waals surface area contributed by atoms with Crippen molar-refractivity contribution < 1.29 is 4.79 Å². The normalized spacial score (nSPS) is 19.2. The second-order valence-electron chi connectivity index (χ2n) is 5.04. The van der Waals surface area contributed by atoms with Gasteiger partial charge in [0.15, 0.2) is 0 Å². The Morgan fingerprint density at radius 3 is 2.95 bits per heavy atom. The van der Waals surface area contributed by atoms with E-state index in [2.05, 4.69) is 22.5 Å². The lowest BCUT2D eigenvalue weighted by molar-refractivity contribution is -0.118. The summed E-state index contributed by atoms with van der Waals surface area (Å²) in [5.74, 6) is 0.00803. The van der Waals surface area contributed by atoms with Gasteiger partial charge in [0.2, 0.25) is 5.91 Å². The van der Waals surface area contributed by atoms with Crippen LogP contribution in [0.2, 0.25) is 5.02 Å². The van der Waals surface area contributed by atoms with Gasteiger partial charge < -0.3 is 10.6 Å². The molecule has 1 unspecified atom stereocenters. The number of carbonyl (C=O) groups excluding carboxylic acids is 1. The molecule has 0 radical (unpaired) electrons. The van der Waals surface area contributed by atoms with E-state index in [0.717, 1.165) is 30.9 Å². The van der Waals surface area contributed by atoms with Crippen LogP contribution < -0.4 is 10.6 Å². The van der Waals surface area contributed by atoms with Crippen molar-refractivity contribution in [3.63, 3.8) is 0 Å². The highest BCUT2D eigenvalue weighted by Gasteiger charge is 2.20. The van der Waals surface area contributed by atoms with E-state index in [0.29, 0.717) is 17.6 Å². The average molecular weight is 318 g/mol. The van der Waals surface area contributed by atoms with E-state index in [4.69, 9.17) is 11.6 Å². The largest absolute Gasteiger partial charge is 0.325 e. The molecule has 1 atom stereocenters. The molecule has 1 amide bonds. The molecule has 0 aliphatic carbocycles. The van der Waals surface area contributed by atoms with E-state index in [9.17, 15) is 4.79 Å². The summed E-state index contributed by atoms with van der Waals surface area (Å²) in [4.78, 5) is 14.2.